The third kappa shape index (κ3) is 5.29. The van der Waals surface area contributed by atoms with E-state index < -0.39 is 12.0 Å². The second-order valence-corrected chi connectivity index (χ2v) is 6.70. The predicted octanol–water partition coefficient (Wildman–Crippen LogP) is 2.79. The molecule has 1 aliphatic heterocycles. The number of para-hydroxylation sites is 2. The van der Waals surface area contributed by atoms with Crippen LogP contribution < -0.4 is 25.1 Å². The van der Waals surface area contributed by atoms with Gasteiger partial charge >= 0.3 is 0 Å². The van der Waals surface area contributed by atoms with Crippen molar-refractivity contribution in [2.24, 2.45) is 0 Å². The maximum Gasteiger partial charge on any atom is 0.283 e. The zero-order valence-corrected chi connectivity index (χ0v) is 16.1. The van der Waals surface area contributed by atoms with Crippen LogP contribution in [0, 0.1) is 6.92 Å². The first-order valence-corrected chi connectivity index (χ1v) is 9.27. The van der Waals surface area contributed by atoms with E-state index in [2.05, 4.69) is 10.9 Å². The molecule has 3 rings (SSSR count). The highest BCUT2D eigenvalue weighted by Crippen LogP contribution is 2.30. The van der Waals surface area contributed by atoms with E-state index in [0.717, 1.165) is 11.3 Å². The van der Waals surface area contributed by atoms with Crippen LogP contribution in [0.3, 0.4) is 0 Å². The van der Waals surface area contributed by atoms with Crippen LogP contribution in [0.4, 0.5) is 0 Å². The maximum atomic E-state index is 12.1. The Morgan fingerprint density at radius 2 is 1.96 bits per heavy atom. The highest BCUT2D eigenvalue weighted by Gasteiger charge is 2.27. The molecular formula is C20H21ClN2O5. The van der Waals surface area contributed by atoms with Gasteiger partial charge in [0.1, 0.15) is 12.4 Å². The van der Waals surface area contributed by atoms with Crippen LogP contribution in [-0.4, -0.2) is 31.1 Å². The topological polar surface area (TPSA) is 85.9 Å². The summed E-state index contributed by atoms with van der Waals surface area (Å²) in [6, 6.07) is 12.5. The minimum absolute atomic E-state index is 0.0764. The number of aryl methyl sites for hydroxylation is 1. The molecule has 0 aliphatic carbocycles. The fraction of sp³-hybridized carbons (Fsp3) is 0.300. The molecule has 0 radical (unpaired) electrons. The van der Waals surface area contributed by atoms with Gasteiger partial charge in [0.15, 0.2) is 11.5 Å². The zero-order chi connectivity index (χ0) is 19.9. The minimum atomic E-state index is -0.827. The number of ether oxygens (including phenoxy) is 3. The first kappa shape index (κ1) is 19.8. The number of halogens is 1. The Bertz CT molecular complexity index is 858. The van der Waals surface area contributed by atoms with Gasteiger partial charge in [0.25, 0.3) is 5.91 Å². The van der Waals surface area contributed by atoms with Gasteiger partial charge in [-0.1, -0.05) is 23.7 Å². The lowest BCUT2D eigenvalue weighted by atomic mass is 10.2. The second-order valence-electron chi connectivity index (χ2n) is 6.26. The molecule has 2 aromatic carbocycles. The molecule has 0 unspecified atom stereocenters. The van der Waals surface area contributed by atoms with Crippen LogP contribution in [0.1, 0.15) is 18.4 Å². The lowest BCUT2D eigenvalue weighted by Crippen LogP contribution is -2.50. The van der Waals surface area contributed by atoms with E-state index in [1.807, 2.05) is 19.1 Å². The number of carbonyl (C=O) groups excluding carboxylic acids is 2. The molecule has 1 aliphatic rings. The largest absolute Gasteiger partial charge is 0.493 e. The van der Waals surface area contributed by atoms with Crippen molar-refractivity contribution in [3.8, 4) is 17.2 Å². The van der Waals surface area contributed by atoms with E-state index in [4.69, 9.17) is 25.8 Å². The van der Waals surface area contributed by atoms with Crippen LogP contribution in [0.25, 0.3) is 0 Å². The van der Waals surface area contributed by atoms with E-state index >= 15 is 0 Å². The monoisotopic (exact) mass is 404 g/mol. The number of hydrazine groups is 1. The SMILES string of the molecule is Cc1cc(Cl)ccc1OCCCC(=O)NNC(=O)[C@@H]1COc2ccccc2O1. The van der Waals surface area contributed by atoms with Crippen molar-refractivity contribution in [2.45, 2.75) is 25.9 Å². The maximum absolute atomic E-state index is 12.1. The number of amides is 2. The lowest BCUT2D eigenvalue weighted by molar-refractivity contribution is -0.135. The summed E-state index contributed by atoms with van der Waals surface area (Å²) in [5.41, 5.74) is 5.66. The van der Waals surface area contributed by atoms with Gasteiger partial charge in [0, 0.05) is 11.4 Å². The quantitative estimate of drug-likeness (QED) is 0.571. The molecule has 2 N–H and O–H groups in total. The lowest BCUT2D eigenvalue weighted by Gasteiger charge is -2.25. The molecule has 28 heavy (non-hydrogen) atoms. The van der Waals surface area contributed by atoms with Gasteiger partial charge in [-0.3, -0.25) is 20.4 Å². The molecular weight excluding hydrogens is 384 g/mol. The highest BCUT2D eigenvalue weighted by atomic mass is 35.5. The molecule has 0 saturated heterocycles. The number of nitrogens with one attached hydrogen (secondary N) is 2. The van der Waals surface area contributed by atoms with E-state index in [9.17, 15) is 9.59 Å². The minimum Gasteiger partial charge on any atom is -0.493 e. The molecule has 1 heterocycles. The standard InChI is InChI=1S/C20H21ClN2O5/c1-13-11-14(21)8-9-15(13)26-10-4-7-19(24)22-23-20(25)18-12-27-16-5-2-3-6-17(16)28-18/h2-3,5-6,8-9,11,18H,4,7,10,12H2,1H3,(H,22,24)(H,23,25)/t18-/m0/s1. The van der Waals surface area contributed by atoms with Gasteiger partial charge in [-0.25, -0.2) is 0 Å². The number of fused-ring (bicyclic) bond motifs is 1. The Morgan fingerprint density at radius 3 is 2.75 bits per heavy atom. The van der Waals surface area contributed by atoms with Gasteiger partial charge in [0.2, 0.25) is 12.0 Å². The summed E-state index contributed by atoms with van der Waals surface area (Å²) in [5.74, 6) is 1.02. The number of benzene rings is 2. The van der Waals surface area contributed by atoms with Crippen molar-refractivity contribution >= 4 is 23.4 Å². The fourth-order valence-corrected chi connectivity index (χ4v) is 2.84. The molecule has 8 heteroatoms. The summed E-state index contributed by atoms with van der Waals surface area (Å²) >= 11 is 5.90. The van der Waals surface area contributed by atoms with E-state index in [-0.39, 0.29) is 18.9 Å². The van der Waals surface area contributed by atoms with E-state index in [1.54, 1.807) is 30.3 Å². The number of hydrogen-bond acceptors (Lipinski definition) is 5. The Kier molecular flexibility index (Phi) is 6.60. The van der Waals surface area contributed by atoms with Crippen LogP contribution in [0.5, 0.6) is 17.2 Å². The highest BCUT2D eigenvalue weighted by molar-refractivity contribution is 6.30. The summed E-state index contributed by atoms with van der Waals surface area (Å²) in [6.45, 7) is 2.35. The molecule has 0 spiro atoms. The second kappa shape index (κ2) is 9.32. The Labute approximate surface area is 167 Å². The van der Waals surface area contributed by atoms with Gasteiger partial charge in [-0.05, 0) is 49.2 Å². The van der Waals surface area contributed by atoms with Crippen LogP contribution in [0.15, 0.2) is 42.5 Å². The summed E-state index contributed by atoms with van der Waals surface area (Å²) in [6.07, 6.45) is -0.121. The number of rotatable bonds is 6. The Balaban J connectivity index is 1.35. The first-order chi connectivity index (χ1) is 13.5. The molecule has 2 aromatic rings. The van der Waals surface area contributed by atoms with Gasteiger partial charge < -0.3 is 14.2 Å². The molecule has 1 atom stereocenters. The molecule has 0 fully saturated rings. The van der Waals surface area contributed by atoms with Crippen molar-refractivity contribution < 1.29 is 23.8 Å². The van der Waals surface area contributed by atoms with Gasteiger partial charge in [0.05, 0.1) is 6.61 Å². The normalized spacial score (nSPS) is 14.9. The fourth-order valence-electron chi connectivity index (χ4n) is 2.61. The third-order valence-corrected chi connectivity index (χ3v) is 4.30. The summed E-state index contributed by atoms with van der Waals surface area (Å²) in [5, 5.41) is 0.649. The predicted molar refractivity (Wildman–Crippen MR) is 104 cm³/mol. The summed E-state index contributed by atoms with van der Waals surface area (Å²) in [7, 11) is 0. The van der Waals surface area contributed by atoms with Crippen molar-refractivity contribution in [2.75, 3.05) is 13.2 Å². The van der Waals surface area contributed by atoms with Crippen molar-refractivity contribution in [3.63, 3.8) is 0 Å². The van der Waals surface area contributed by atoms with E-state index in [1.165, 1.54) is 0 Å². The number of hydrogen-bond donors (Lipinski definition) is 2. The average molecular weight is 405 g/mol. The molecule has 148 valence electrons. The van der Waals surface area contributed by atoms with E-state index in [0.29, 0.717) is 29.5 Å². The third-order valence-electron chi connectivity index (χ3n) is 4.07. The number of carbonyl (C=O) groups is 2. The molecule has 0 aromatic heterocycles. The van der Waals surface area contributed by atoms with Gasteiger partial charge in [-0.2, -0.15) is 0 Å². The smallest absolute Gasteiger partial charge is 0.283 e. The molecule has 0 bridgehead atoms. The van der Waals surface area contributed by atoms with Gasteiger partial charge in [-0.15, -0.1) is 0 Å². The Hall–Kier alpha value is -2.93. The summed E-state index contributed by atoms with van der Waals surface area (Å²) in [4.78, 5) is 24.0. The zero-order valence-electron chi connectivity index (χ0n) is 15.4. The molecule has 7 nitrogen and oxygen atoms in total. The molecule has 0 saturated carbocycles. The van der Waals surface area contributed by atoms with Crippen molar-refractivity contribution in [1.29, 1.82) is 0 Å². The van der Waals surface area contributed by atoms with Crippen molar-refractivity contribution in [1.82, 2.24) is 10.9 Å². The van der Waals surface area contributed by atoms with Crippen molar-refractivity contribution in [3.05, 3.63) is 53.1 Å². The molecule has 2 amide bonds. The van der Waals surface area contributed by atoms with Crippen LogP contribution >= 0.6 is 11.6 Å². The Morgan fingerprint density at radius 1 is 1.18 bits per heavy atom. The van der Waals surface area contributed by atoms with Crippen LogP contribution in [-0.2, 0) is 9.59 Å². The first-order valence-electron chi connectivity index (χ1n) is 8.89. The van der Waals surface area contributed by atoms with Crippen LogP contribution in [0.2, 0.25) is 5.02 Å². The summed E-state index contributed by atoms with van der Waals surface area (Å²) < 4.78 is 16.7. The average Bonchev–Trinajstić information content (AvgIpc) is 2.70.